The van der Waals surface area contributed by atoms with Gasteiger partial charge >= 0.3 is 5.97 Å². The number of benzene rings is 7. The molecule has 75 heavy (non-hydrogen) atoms. The normalized spacial score (nSPS) is 15.7. The van der Waals surface area contributed by atoms with Crippen molar-refractivity contribution in [1.82, 2.24) is 15.2 Å². The maximum Gasteiger partial charge on any atom is 0.352 e. The van der Waals surface area contributed by atoms with Crippen LogP contribution in [-0.4, -0.2) is 61.4 Å². The number of β-lactam (4-membered cyclic amide) rings is 1. The van der Waals surface area contributed by atoms with E-state index in [0.29, 0.717) is 16.1 Å². The highest BCUT2D eigenvalue weighted by atomic mass is 32.2. The number of nitrogens with one attached hydrogen (secondary N) is 2. The lowest BCUT2D eigenvalue weighted by Crippen LogP contribution is -2.71. The third-order valence-corrected chi connectivity index (χ3v) is 17.7. The fraction of sp³-hybridized carbons (Fsp3) is 0.100. The molecule has 0 saturated carbocycles. The first-order chi connectivity index (χ1) is 36.7. The Kier molecular flexibility index (Phi) is 14.0. The van der Waals surface area contributed by atoms with Gasteiger partial charge in [0.05, 0.1) is 4.21 Å². The van der Waals surface area contributed by atoms with Crippen LogP contribution in [0.2, 0.25) is 0 Å². The van der Waals surface area contributed by atoms with Crippen LogP contribution in [0, 0.1) is 0 Å². The van der Waals surface area contributed by atoms with E-state index in [2.05, 4.69) is 47.0 Å². The lowest BCUT2D eigenvalue weighted by atomic mass is 9.77. The van der Waals surface area contributed by atoms with E-state index in [4.69, 9.17) is 15.0 Å². The van der Waals surface area contributed by atoms with Gasteiger partial charge in [-0.2, -0.15) is 0 Å². The van der Waals surface area contributed by atoms with Gasteiger partial charge in [0.2, 0.25) is 5.60 Å². The Balaban J connectivity index is 0.970. The molecule has 0 bridgehead atoms. The van der Waals surface area contributed by atoms with Crippen molar-refractivity contribution in [2.75, 3.05) is 16.8 Å². The number of thioether (sulfide) groups is 2. The molecule has 1 saturated heterocycles. The van der Waals surface area contributed by atoms with E-state index in [9.17, 15) is 19.5 Å². The van der Waals surface area contributed by atoms with Gasteiger partial charge in [0, 0.05) is 49.7 Å². The molecule has 3 N–H and O–H groups in total. The molecule has 0 radical (unpaired) electrons. The number of hydrogen-bond donors (Lipinski definition) is 3. The number of oxime groups is 1. The molecule has 2 aliphatic heterocycles. The Labute approximate surface area is 448 Å². The van der Waals surface area contributed by atoms with Gasteiger partial charge in [-0.05, 0) is 34.4 Å². The number of nitrogens with zero attached hydrogens (tertiary/aromatic N) is 3. The molecular formula is C60H45N5O6S4. The highest BCUT2D eigenvalue weighted by Crippen LogP contribution is 2.45. The molecule has 2 aliphatic rings. The quantitative estimate of drug-likeness (QED) is 0.0264. The van der Waals surface area contributed by atoms with Gasteiger partial charge in [0.1, 0.15) is 28.3 Å². The van der Waals surface area contributed by atoms with Gasteiger partial charge in [-0.25, -0.2) is 9.78 Å². The van der Waals surface area contributed by atoms with Crippen LogP contribution >= 0.6 is 46.2 Å². The lowest BCUT2D eigenvalue weighted by Gasteiger charge is -2.49. The summed E-state index contributed by atoms with van der Waals surface area (Å²) >= 11 is 5.46. The van der Waals surface area contributed by atoms with E-state index < -0.39 is 40.3 Å². The number of aliphatic carboxylic acids is 1. The lowest BCUT2D eigenvalue weighted by molar-refractivity contribution is -0.150. The van der Waals surface area contributed by atoms with Crippen LogP contribution in [-0.2, 0) is 30.4 Å². The summed E-state index contributed by atoms with van der Waals surface area (Å²) in [6.07, 6.45) is 0. The molecule has 0 aliphatic carbocycles. The van der Waals surface area contributed by atoms with Gasteiger partial charge in [-0.15, -0.1) is 46.2 Å². The Morgan fingerprint density at radius 3 is 1.71 bits per heavy atom. The first-order valence-electron chi connectivity index (χ1n) is 23.9. The minimum atomic E-state index is -1.38. The Bertz CT molecular complexity index is 3460. The van der Waals surface area contributed by atoms with Gasteiger partial charge in [0.15, 0.2) is 16.3 Å². The molecule has 11 rings (SSSR count). The second kappa shape index (κ2) is 21.4. The molecule has 370 valence electrons. The monoisotopic (exact) mass is 1060 g/mol. The smallest absolute Gasteiger partial charge is 0.352 e. The molecule has 7 aromatic carbocycles. The fourth-order valence-electron chi connectivity index (χ4n) is 9.69. The van der Waals surface area contributed by atoms with Crippen molar-refractivity contribution < 1.29 is 24.3 Å². The number of amides is 2. The number of anilines is 1. The number of carbonyl (C=O) groups is 3. The summed E-state index contributed by atoms with van der Waals surface area (Å²) in [5.74, 6) is -2.06. The van der Waals surface area contributed by atoms with Gasteiger partial charge < -0.3 is 20.6 Å². The summed E-state index contributed by atoms with van der Waals surface area (Å²) in [6.45, 7) is 0. The van der Waals surface area contributed by atoms with Crippen molar-refractivity contribution in [3.05, 3.63) is 278 Å². The second-order valence-corrected chi connectivity index (χ2v) is 22.0. The van der Waals surface area contributed by atoms with Crippen LogP contribution in [0.3, 0.4) is 0 Å². The molecule has 1 unspecified atom stereocenters. The number of thiazole rings is 1. The maximum atomic E-state index is 15.2. The standard InChI is InChI=1S/C60H45N5O6S4/c66-48-35-50(75-49-34-20-19-33-46(48)49)72-36-39-37-73-56-52(55(68)65(56)53(39)57(69)70)62-54(67)51(64-71-60(43-27-13-4-14-28-43,44-29-15-5-16-30-44)45-31-17-6-18-32-45)47-38-74-58(61-47)63-59(40-21-7-1-8-22-40,41-23-9-2-10-24-41)42-25-11-3-12-26-42/h1-35,38,52,56H,36-37H2,(H,61,63)(H,62,67)(H,69,70)/t52?,56-/m0/s1. The molecule has 1 fully saturated rings. The first-order valence-corrected chi connectivity index (χ1v) is 27.7. The first kappa shape index (κ1) is 49.1. The number of carbonyl (C=O) groups excluding carboxylic acids is 2. The van der Waals surface area contributed by atoms with E-state index >= 15 is 4.79 Å². The summed E-state index contributed by atoms with van der Waals surface area (Å²) in [4.78, 5) is 68.7. The molecule has 9 aromatic rings. The average Bonchev–Trinajstić information content (AvgIpc) is 3.93. The van der Waals surface area contributed by atoms with Crippen molar-refractivity contribution >= 4 is 84.9 Å². The zero-order valence-corrected chi connectivity index (χ0v) is 43.1. The van der Waals surface area contributed by atoms with Crippen molar-refractivity contribution in [1.29, 1.82) is 0 Å². The number of carboxylic acids is 1. The van der Waals surface area contributed by atoms with Crippen molar-refractivity contribution in [2.24, 2.45) is 5.16 Å². The van der Waals surface area contributed by atoms with E-state index in [-0.39, 0.29) is 34.0 Å². The predicted molar refractivity (Wildman–Crippen MR) is 300 cm³/mol. The Morgan fingerprint density at radius 2 is 1.19 bits per heavy atom. The van der Waals surface area contributed by atoms with Gasteiger partial charge in [-0.1, -0.05) is 199 Å². The maximum absolute atomic E-state index is 15.2. The minimum absolute atomic E-state index is 0.113. The molecule has 2 amide bonds. The molecule has 4 heterocycles. The number of fused-ring (bicyclic) bond motifs is 2. The highest BCUT2D eigenvalue weighted by Gasteiger charge is 2.54. The van der Waals surface area contributed by atoms with Crippen molar-refractivity contribution in [2.45, 2.75) is 26.8 Å². The zero-order chi connectivity index (χ0) is 51.4. The van der Waals surface area contributed by atoms with E-state index in [1.165, 1.54) is 51.1 Å². The van der Waals surface area contributed by atoms with Gasteiger partial charge in [-0.3, -0.25) is 19.3 Å². The van der Waals surface area contributed by atoms with Crippen LogP contribution in [0.5, 0.6) is 0 Å². The topological polar surface area (TPSA) is 150 Å². The number of hydrogen-bond acceptors (Lipinski definition) is 12. The van der Waals surface area contributed by atoms with Crippen LogP contribution in [0.4, 0.5) is 5.13 Å². The van der Waals surface area contributed by atoms with Crippen LogP contribution in [0.15, 0.2) is 243 Å². The number of aromatic nitrogens is 1. The predicted octanol–water partition coefficient (Wildman–Crippen LogP) is 11.4. The Hall–Kier alpha value is -8.08. The third-order valence-electron chi connectivity index (χ3n) is 13.2. The highest BCUT2D eigenvalue weighted by molar-refractivity contribution is 8.02. The summed E-state index contributed by atoms with van der Waals surface area (Å²) in [5.41, 5.74) is 3.02. The fourth-order valence-corrected chi connectivity index (χ4v) is 14.2. The van der Waals surface area contributed by atoms with Crippen molar-refractivity contribution in [3.8, 4) is 0 Å². The zero-order valence-electron chi connectivity index (χ0n) is 39.8. The van der Waals surface area contributed by atoms with Gasteiger partial charge in [0.25, 0.3) is 11.8 Å². The summed E-state index contributed by atoms with van der Waals surface area (Å²) in [6, 6.07) is 67.0. The third kappa shape index (κ3) is 9.44. The van der Waals surface area contributed by atoms with Crippen LogP contribution in [0.25, 0.3) is 10.1 Å². The molecule has 15 heteroatoms. The van der Waals surface area contributed by atoms with Crippen LogP contribution in [0.1, 0.15) is 39.1 Å². The SMILES string of the molecule is O=C(O)C1=C(CSc2cc(=O)c3ccccc3s2)CS[C@H]2C(NC(=O)C(=NOC(c3ccccc3)(c3ccccc3)c3ccccc3)c3csc(NC(c4ccccc4)(c4ccccc4)c4ccccc4)n3)C(=O)N12. The summed E-state index contributed by atoms with van der Waals surface area (Å²) in [7, 11) is 0. The largest absolute Gasteiger partial charge is 0.477 e. The van der Waals surface area contributed by atoms with E-state index in [1.54, 1.807) is 17.5 Å². The Morgan fingerprint density at radius 1 is 0.693 bits per heavy atom. The van der Waals surface area contributed by atoms with E-state index in [1.807, 2.05) is 164 Å². The molecule has 11 nitrogen and oxygen atoms in total. The molecule has 2 aromatic heterocycles. The summed E-state index contributed by atoms with van der Waals surface area (Å²) < 4.78 is 1.57. The second-order valence-electron chi connectivity index (χ2n) is 17.7. The molecule has 0 spiro atoms. The van der Waals surface area contributed by atoms with Crippen molar-refractivity contribution in [3.63, 3.8) is 0 Å². The summed E-state index contributed by atoms with van der Waals surface area (Å²) in [5, 5.41) is 24.3. The number of carboxylic acid groups (broad SMARTS) is 1. The minimum Gasteiger partial charge on any atom is -0.477 e. The molecule has 2 atom stereocenters. The van der Waals surface area contributed by atoms with Crippen LogP contribution < -0.4 is 16.1 Å². The number of rotatable bonds is 17. The molecular weight excluding hydrogens is 1010 g/mol. The average molecular weight is 1060 g/mol. The van der Waals surface area contributed by atoms with E-state index in [0.717, 1.165) is 42.3 Å².